The number of aliphatic hydroxyl groups is 1. The number of alkyl halides is 2. The summed E-state index contributed by atoms with van der Waals surface area (Å²) in [5.41, 5.74) is 0.223. The number of halogens is 2. The van der Waals surface area contributed by atoms with E-state index >= 15 is 0 Å². The zero-order chi connectivity index (χ0) is 24.1. The molecule has 1 N–H and O–H groups in total. The van der Waals surface area contributed by atoms with Crippen LogP contribution >= 0.6 is 0 Å². The molecule has 1 unspecified atom stereocenters. The Bertz CT molecular complexity index is 1210. The van der Waals surface area contributed by atoms with E-state index in [0.717, 1.165) is 11.1 Å². The first kappa shape index (κ1) is 22.3. The second kappa shape index (κ2) is 8.07. The van der Waals surface area contributed by atoms with Crippen molar-refractivity contribution in [3.8, 4) is 5.75 Å². The van der Waals surface area contributed by atoms with Crippen molar-refractivity contribution in [2.24, 2.45) is 0 Å². The first-order valence-corrected chi connectivity index (χ1v) is 10.9. The SMILES string of the molecule is Cc1ccc(N2C(=O)N(c3ccc(C)cc3)C(O)(c3cccc(OC(F)F)c3)C23COC3)cc1. The zero-order valence-corrected chi connectivity index (χ0v) is 18.7. The van der Waals surface area contributed by atoms with Crippen molar-refractivity contribution < 1.29 is 28.2 Å². The van der Waals surface area contributed by atoms with E-state index in [4.69, 9.17) is 4.74 Å². The summed E-state index contributed by atoms with van der Waals surface area (Å²) in [7, 11) is 0. The van der Waals surface area contributed by atoms with Crippen molar-refractivity contribution in [1.29, 1.82) is 0 Å². The molecule has 2 aliphatic heterocycles. The predicted molar refractivity (Wildman–Crippen MR) is 123 cm³/mol. The molecule has 2 heterocycles. The maximum atomic E-state index is 14.0. The standard InChI is InChI=1S/C26H24F2N2O4/c1-17-6-10-20(11-7-17)29-24(31)30(21-12-8-18(2)9-13-21)26(32,25(29)15-33-16-25)19-4-3-5-22(14-19)34-23(27)28/h3-14,23,32H,15-16H2,1-2H3. The maximum Gasteiger partial charge on any atom is 0.387 e. The van der Waals surface area contributed by atoms with Gasteiger partial charge in [-0.15, -0.1) is 0 Å². The highest BCUT2D eigenvalue weighted by atomic mass is 19.3. The Morgan fingerprint density at radius 1 is 0.912 bits per heavy atom. The number of aryl methyl sites for hydroxylation is 2. The van der Waals surface area contributed by atoms with Crippen molar-refractivity contribution in [2.75, 3.05) is 23.0 Å². The van der Waals surface area contributed by atoms with Crippen molar-refractivity contribution >= 4 is 17.4 Å². The molecule has 8 heteroatoms. The third-order valence-corrected chi connectivity index (χ3v) is 6.51. The number of carbonyl (C=O) groups excluding carboxylic acids is 1. The summed E-state index contributed by atoms with van der Waals surface area (Å²) in [5, 5.41) is 12.5. The zero-order valence-electron chi connectivity index (χ0n) is 18.7. The lowest BCUT2D eigenvalue weighted by Crippen LogP contribution is -2.70. The number of amides is 2. The monoisotopic (exact) mass is 466 g/mol. The van der Waals surface area contributed by atoms with Crippen LogP contribution in [0, 0.1) is 13.8 Å². The largest absolute Gasteiger partial charge is 0.435 e. The summed E-state index contributed by atoms with van der Waals surface area (Å²) >= 11 is 0. The molecule has 6 nitrogen and oxygen atoms in total. The van der Waals surface area contributed by atoms with Gasteiger partial charge in [-0.1, -0.05) is 47.5 Å². The molecule has 2 fully saturated rings. The molecule has 2 saturated heterocycles. The molecule has 176 valence electrons. The summed E-state index contributed by atoms with van der Waals surface area (Å²) in [6.45, 7) is 0.971. The second-order valence-electron chi connectivity index (χ2n) is 8.73. The third kappa shape index (κ3) is 3.25. The Kier molecular flexibility index (Phi) is 5.30. The highest BCUT2D eigenvalue weighted by Gasteiger charge is 2.72. The Labute approximate surface area is 195 Å². The normalized spacial score (nSPS) is 21.3. The molecule has 0 radical (unpaired) electrons. The quantitative estimate of drug-likeness (QED) is 0.577. The number of ether oxygens (including phenoxy) is 2. The van der Waals surface area contributed by atoms with Crippen LogP contribution in [0.25, 0.3) is 0 Å². The van der Waals surface area contributed by atoms with E-state index in [1.54, 1.807) is 23.1 Å². The number of hydrogen-bond donors (Lipinski definition) is 1. The molecule has 0 aromatic heterocycles. The maximum absolute atomic E-state index is 14.0. The van der Waals surface area contributed by atoms with Gasteiger partial charge < -0.3 is 14.6 Å². The molecule has 3 aromatic rings. The highest BCUT2D eigenvalue weighted by Crippen LogP contribution is 2.54. The summed E-state index contributed by atoms with van der Waals surface area (Å²) < 4.78 is 36.0. The van der Waals surface area contributed by atoms with E-state index in [1.165, 1.54) is 23.1 Å². The first-order valence-electron chi connectivity index (χ1n) is 10.9. The van der Waals surface area contributed by atoms with Crippen LogP contribution in [-0.2, 0) is 10.5 Å². The first-order chi connectivity index (χ1) is 16.3. The van der Waals surface area contributed by atoms with E-state index in [1.807, 2.05) is 50.2 Å². The number of rotatable bonds is 5. The van der Waals surface area contributed by atoms with Gasteiger partial charge in [0.25, 0.3) is 0 Å². The lowest BCUT2D eigenvalue weighted by molar-refractivity contribution is -0.153. The van der Waals surface area contributed by atoms with Gasteiger partial charge in [-0.2, -0.15) is 8.78 Å². The molecule has 1 spiro atoms. The fourth-order valence-electron chi connectivity index (χ4n) is 4.74. The highest BCUT2D eigenvalue weighted by molar-refractivity contribution is 6.09. The Morgan fingerprint density at radius 2 is 1.47 bits per heavy atom. The number of hydrogen-bond acceptors (Lipinski definition) is 4. The van der Waals surface area contributed by atoms with Gasteiger partial charge in [0.05, 0.1) is 13.2 Å². The fourth-order valence-corrected chi connectivity index (χ4v) is 4.74. The molecule has 2 amide bonds. The lowest BCUT2D eigenvalue weighted by Gasteiger charge is -2.51. The van der Waals surface area contributed by atoms with Crippen LogP contribution in [0.15, 0.2) is 72.8 Å². The van der Waals surface area contributed by atoms with Crippen LogP contribution < -0.4 is 14.5 Å². The van der Waals surface area contributed by atoms with Crippen LogP contribution in [0.1, 0.15) is 16.7 Å². The topological polar surface area (TPSA) is 62.2 Å². The lowest BCUT2D eigenvalue weighted by atomic mass is 9.78. The van der Waals surface area contributed by atoms with Crippen molar-refractivity contribution in [2.45, 2.75) is 31.7 Å². The molecular formula is C26H24F2N2O4. The molecule has 0 bridgehead atoms. The molecule has 3 aromatic carbocycles. The molecule has 1 atom stereocenters. The molecule has 34 heavy (non-hydrogen) atoms. The van der Waals surface area contributed by atoms with Gasteiger partial charge >= 0.3 is 12.6 Å². The van der Waals surface area contributed by atoms with E-state index < -0.39 is 23.9 Å². The van der Waals surface area contributed by atoms with Crippen molar-refractivity contribution in [1.82, 2.24) is 0 Å². The van der Waals surface area contributed by atoms with Gasteiger partial charge in [-0.25, -0.2) is 4.79 Å². The Hall–Kier alpha value is -3.49. The summed E-state index contributed by atoms with van der Waals surface area (Å²) in [5.74, 6) is -0.110. The van der Waals surface area contributed by atoms with E-state index in [9.17, 15) is 18.7 Å². The molecule has 0 aliphatic carbocycles. The van der Waals surface area contributed by atoms with Gasteiger partial charge in [-0.3, -0.25) is 9.80 Å². The van der Waals surface area contributed by atoms with Crippen LogP contribution in [0.2, 0.25) is 0 Å². The molecule has 0 saturated carbocycles. The van der Waals surface area contributed by atoms with Crippen LogP contribution in [-0.4, -0.2) is 36.5 Å². The Balaban J connectivity index is 1.73. The smallest absolute Gasteiger partial charge is 0.387 e. The van der Waals surface area contributed by atoms with Crippen molar-refractivity contribution in [3.63, 3.8) is 0 Å². The predicted octanol–water partition coefficient (Wildman–Crippen LogP) is 4.97. The van der Waals surface area contributed by atoms with Crippen LogP contribution in [0.3, 0.4) is 0 Å². The van der Waals surface area contributed by atoms with Gasteiger partial charge in [0.15, 0.2) is 0 Å². The minimum atomic E-state index is -3.02. The van der Waals surface area contributed by atoms with Gasteiger partial charge in [0, 0.05) is 16.9 Å². The molecule has 2 aliphatic rings. The number of nitrogens with zero attached hydrogens (tertiary/aromatic N) is 2. The number of urea groups is 1. The van der Waals surface area contributed by atoms with E-state index in [-0.39, 0.29) is 24.5 Å². The van der Waals surface area contributed by atoms with E-state index in [2.05, 4.69) is 4.74 Å². The van der Waals surface area contributed by atoms with Gasteiger partial charge in [0.1, 0.15) is 11.3 Å². The van der Waals surface area contributed by atoms with Gasteiger partial charge in [-0.05, 0) is 50.2 Å². The van der Waals surface area contributed by atoms with Crippen molar-refractivity contribution in [3.05, 3.63) is 89.5 Å². The van der Waals surface area contributed by atoms with Gasteiger partial charge in [0.2, 0.25) is 5.72 Å². The van der Waals surface area contributed by atoms with E-state index in [0.29, 0.717) is 11.4 Å². The third-order valence-electron chi connectivity index (χ3n) is 6.51. The second-order valence-corrected chi connectivity index (χ2v) is 8.73. The minimum absolute atomic E-state index is 0.0609. The summed E-state index contributed by atoms with van der Waals surface area (Å²) in [4.78, 5) is 16.9. The molecule has 5 rings (SSSR count). The van der Waals surface area contributed by atoms with Crippen LogP contribution in [0.4, 0.5) is 25.0 Å². The summed E-state index contributed by atoms with van der Waals surface area (Å²) in [6.07, 6.45) is 0. The average molecular weight is 466 g/mol. The Morgan fingerprint density at radius 3 is 1.97 bits per heavy atom. The van der Waals surface area contributed by atoms with Crippen LogP contribution in [0.5, 0.6) is 5.75 Å². The summed E-state index contributed by atoms with van der Waals surface area (Å²) in [6, 6.07) is 20.0. The fraction of sp³-hybridized carbons (Fsp3) is 0.269. The number of carbonyl (C=O) groups is 1. The number of benzene rings is 3. The average Bonchev–Trinajstić information content (AvgIpc) is 2.99. The molecular weight excluding hydrogens is 442 g/mol. The number of anilines is 2. The minimum Gasteiger partial charge on any atom is -0.435 e.